The smallest absolute Gasteiger partial charge is 0.180 e. The molecule has 0 spiro atoms. The van der Waals surface area contributed by atoms with Crippen LogP contribution in [0.4, 0.5) is 5.82 Å². The Morgan fingerprint density at radius 1 is 1.07 bits per heavy atom. The first-order valence-corrected chi connectivity index (χ1v) is 10.0. The molecule has 0 amide bonds. The van der Waals surface area contributed by atoms with E-state index in [-0.39, 0.29) is 6.04 Å². The number of anilines is 1. The van der Waals surface area contributed by atoms with Gasteiger partial charge in [0.15, 0.2) is 5.82 Å². The highest BCUT2D eigenvalue weighted by molar-refractivity contribution is 5.56. The Bertz CT molecular complexity index is 951. The summed E-state index contributed by atoms with van der Waals surface area (Å²) in [6.07, 6.45) is 1.76. The molecule has 0 aliphatic carbocycles. The highest BCUT2D eigenvalue weighted by atomic mass is 16.5. The molecule has 152 valence electrons. The molecule has 7 heteroatoms. The summed E-state index contributed by atoms with van der Waals surface area (Å²) in [5.41, 5.74) is 2.76. The van der Waals surface area contributed by atoms with E-state index in [9.17, 15) is 0 Å². The first kappa shape index (κ1) is 19.5. The average molecular weight is 393 g/mol. The fourth-order valence-electron chi connectivity index (χ4n) is 3.54. The number of aromatic nitrogens is 3. The van der Waals surface area contributed by atoms with Crippen LogP contribution in [0, 0.1) is 20.8 Å². The fourth-order valence-corrected chi connectivity index (χ4v) is 3.54. The van der Waals surface area contributed by atoms with Crippen molar-refractivity contribution in [1.82, 2.24) is 19.9 Å². The molecule has 0 bridgehead atoms. The summed E-state index contributed by atoms with van der Waals surface area (Å²) in [7, 11) is 0. The molecule has 1 fully saturated rings. The molecule has 1 atom stereocenters. The van der Waals surface area contributed by atoms with E-state index in [4.69, 9.17) is 14.1 Å². The number of ether oxygens (including phenoxy) is 1. The number of rotatable bonds is 6. The lowest BCUT2D eigenvalue weighted by Crippen LogP contribution is -2.41. The lowest BCUT2D eigenvalue weighted by Gasteiger charge is -2.33. The molecule has 0 aromatic carbocycles. The zero-order valence-electron chi connectivity index (χ0n) is 17.2. The second-order valence-corrected chi connectivity index (χ2v) is 7.31. The van der Waals surface area contributed by atoms with Crippen LogP contribution in [0.5, 0.6) is 0 Å². The number of hydrogen-bond donors (Lipinski definition) is 1. The fraction of sp³-hybridized carbons (Fsp3) is 0.409. The Balaban J connectivity index is 1.59. The number of furan rings is 1. The van der Waals surface area contributed by atoms with Gasteiger partial charge in [-0.15, -0.1) is 0 Å². The maximum atomic E-state index is 5.97. The predicted molar refractivity (Wildman–Crippen MR) is 112 cm³/mol. The molecule has 1 N–H and O–H groups in total. The van der Waals surface area contributed by atoms with Gasteiger partial charge in [-0.1, -0.05) is 6.07 Å². The molecule has 1 aliphatic heterocycles. The molecular weight excluding hydrogens is 366 g/mol. The third-order valence-electron chi connectivity index (χ3n) is 5.32. The lowest BCUT2D eigenvalue weighted by molar-refractivity contribution is 0.0143. The first-order valence-electron chi connectivity index (χ1n) is 10.0. The molecule has 4 rings (SSSR count). The Hall–Kier alpha value is -2.77. The predicted octanol–water partition coefficient (Wildman–Crippen LogP) is 3.54. The van der Waals surface area contributed by atoms with Crippen LogP contribution in [-0.4, -0.2) is 52.7 Å². The second-order valence-electron chi connectivity index (χ2n) is 7.31. The molecule has 29 heavy (non-hydrogen) atoms. The highest BCUT2D eigenvalue weighted by Crippen LogP contribution is 2.26. The molecule has 7 nitrogen and oxygen atoms in total. The Morgan fingerprint density at radius 2 is 1.90 bits per heavy atom. The molecular formula is C22H27N5O2. The number of nitrogens with one attached hydrogen (secondary N) is 1. The van der Waals surface area contributed by atoms with E-state index >= 15 is 0 Å². The molecule has 1 aliphatic rings. The van der Waals surface area contributed by atoms with Crippen molar-refractivity contribution in [1.29, 1.82) is 0 Å². The summed E-state index contributed by atoms with van der Waals surface area (Å²) in [5, 5.41) is 3.55. The Labute approximate surface area is 171 Å². The van der Waals surface area contributed by atoms with Crippen molar-refractivity contribution in [3.63, 3.8) is 0 Å². The van der Waals surface area contributed by atoms with E-state index < -0.39 is 0 Å². The van der Waals surface area contributed by atoms with Crippen molar-refractivity contribution in [2.75, 3.05) is 38.2 Å². The summed E-state index contributed by atoms with van der Waals surface area (Å²) in [6.45, 7) is 9.96. The number of hydrogen-bond acceptors (Lipinski definition) is 7. The van der Waals surface area contributed by atoms with E-state index in [1.807, 2.05) is 45.0 Å². The third kappa shape index (κ3) is 4.46. The van der Waals surface area contributed by atoms with Gasteiger partial charge in [-0.3, -0.25) is 9.88 Å². The van der Waals surface area contributed by atoms with Gasteiger partial charge >= 0.3 is 0 Å². The minimum Gasteiger partial charge on any atom is -0.465 e. The third-order valence-corrected chi connectivity index (χ3v) is 5.32. The second kappa shape index (κ2) is 8.71. The van der Waals surface area contributed by atoms with Crippen LogP contribution >= 0.6 is 0 Å². The maximum Gasteiger partial charge on any atom is 0.180 e. The van der Waals surface area contributed by atoms with Crippen LogP contribution in [-0.2, 0) is 4.74 Å². The van der Waals surface area contributed by atoms with Gasteiger partial charge in [0, 0.05) is 37.1 Å². The molecule has 0 saturated carbocycles. The summed E-state index contributed by atoms with van der Waals surface area (Å²) in [5.74, 6) is 3.35. The minimum atomic E-state index is 0.112. The van der Waals surface area contributed by atoms with Crippen LogP contribution in [0.1, 0.15) is 28.8 Å². The molecule has 0 radical (unpaired) electrons. The Kier molecular flexibility index (Phi) is 5.87. The van der Waals surface area contributed by atoms with Crippen LogP contribution < -0.4 is 5.32 Å². The van der Waals surface area contributed by atoms with Crippen molar-refractivity contribution in [3.8, 4) is 11.5 Å². The molecule has 3 aromatic heterocycles. The van der Waals surface area contributed by atoms with Crippen LogP contribution in [0.3, 0.4) is 0 Å². The number of pyridine rings is 1. The van der Waals surface area contributed by atoms with Gasteiger partial charge in [0.25, 0.3) is 0 Å². The number of morpholine rings is 1. The van der Waals surface area contributed by atoms with E-state index in [2.05, 4.69) is 26.3 Å². The van der Waals surface area contributed by atoms with Gasteiger partial charge in [-0.2, -0.15) is 0 Å². The quantitative estimate of drug-likeness (QED) is 0.686. The van der Waals surface area contributed by atoms with Gasteiger partial charge in [0.05, 0.1) is 19.3 Å². The Morgan fingerprint density at radius 3 is 2.59 bits per heavy atom. The zero-order valence-corrected chi connectivity index (χ0v) is 17.2. The van der Waals surface area contributed by atoms with Gasteiger partial charge in [-0.25, -0.2) is 9.97 Å². The van der Waals surface area contributed by atoms with E-state index in [1.54, 1.807) is 6.20 Å². The first-order chi connectivity index (χ1) is 14.1. The lowest BCUT2D eigenvalue weighted by atomic mass is 10.1. The van der Waals surface area contributed by atoms with Crippen molar-refractivity contribution < 1.29 is 9.15 Å². The monoisotopic (exact) mass is 393 g/mol. The standard InChI is InChI=1S/C22H27N5O2/c1-15-7-8-20(29-15)19(27-10-12-28-13-11-27)14-24-21-16(2)17(3)25-22(26-21)18-6-4-5-9-23-18/h4-9,19H,10-14H2,1-3H3,(H,24,25,26). The normalized spacial score (nSPS) is 16.0. The van der Waals surface area contributed by atoms with Crippen molar-refractivity contribution in [2.24, 2.45) is 0 Å². The SMILES string of the molecule is Cc1ccc(C(CNc2nc(-c3ccccn3)nc(C)c2C)N2CCOCC2)o1. The summed E-state index contributed by atoms with van der Waals surface area (Å²) in [4.78, 5) is 16.2. The molecule has 1 unspecified atom stereocenters. The number of aryl methyl sites for hydroxylation is 2. The molecule has 4 heterocycles. The topological polar surface area (TPSA) is 76.3 Å². The van der Waals surface area contributed by atoms with Gasteiger partial charge in [0.2, 0.25) is 0 Å². The largest absolute Gasteiger partial charge is 0.465 e. The van der Waals surface area contributed by atoms with Gasteiger partial charge in [-0.05, 0) is 45.0 Å². The van der Waals surface area contributed by atoms with E-state index in [1.165, 1.54) is 0 Å². The van der Waals surface area contributed by atoms with Gasteiger partial charge in [0.1, 0.15) is 23.0 Å². The maximum absolute atomic E-state index is 5.97. The van der Waals surface area contributed by atoms with Crippen LogP contribution in [0.2, 0.25) is 0 Å². The highest BCUT2D eigenvalue weighted by Gasteiger charge is 2.25. The molecule has 3 aromatic rings. The molecule has 1 saturated heterocycles. The van der Waals surface area contributed by atoms with E-state index in [0.29, 0.717) is 12.4 Å². The van der Waals surface area contributed by atoms with Crippen molar-refractivity contribution in [3.05, 3.63) is 59.3 Å². The average Bonchev–Trinajstić information content (AvgIpc) is 3.18. The summed E-state index contributed by atoms with van der Waals surface area (Å²) in [6, 6.07) is 9.96. The minimum absolute atomic E-state index is 0.112. The van der Waals surface area contributed by atoms with E-state index in [0.717, 1.165) is 60.6 Å². The van der Waals surface area contributed by atoms with Crippen molar-refractivity contribution >= 4 is 5.82 Å². The van der Waals surface area contributed by atoms with Crippen molar-refractivity contribution in [2.45, 2.75) is 26.8 Å². The summed E-state index contributed by atoms with van der Waals surface area (Å²) >= 11 is 0. The van der Waals surface area contributed by atoms with Gasteiger partial charge < -0.3 is 14.5 Å². The van der Waals surface area contributed by atoms with Crippen LogP contribution in [0.15, 0.2) is 40.9 Å². The number of nitrogens with zero attached hydrogens (tertiary/aromatic N) is 4. The summed E-state index contributed by atoms with van der Waals surface area (Å²) < 4.78 is 11.5. The van der Waals surface area contributed by atoms with Crippen LogP contribution in [0.25, 0.3) is 11.5 Å². The zero-order chi connectivity index (χ0) is 20.2.